The van der Waals surface area contributed by atoms with Gasteiger partial charge in [-0.15, -0.1) is 22.7 Å². The van der Waals surface area contributed by atoms with Crippen molar-refractivity contribution in [2.75, 3.05) is 0 Å². The maximum Gasteiger partial charge on any atom is 0.488 e. The van der Waals surface area contributed by atoms with Crippen LogP contribution in [0, 0.1) is 0 Å². The fourth-order valence-electron chi connectivity index (χ4n) is 2.67. The fourth-order valence-corrected chi connectivity index (χ4v) is 4.79. The number of rotatable bonds is 4. The van der Waals surface area contributed by atoms with Gasteiger partial charge in [-0.2, -0.15) is 0 Å². The third kappa shape index (κ3) is 3.46. The van der Waals surface area contributed by atoms with Crippen LogP contribution in [0.15, 0.2) is 78.9 Å². The van der Waals surface area contributed by atoms with E-state index in [1.54, 1.807) is 34.8 Å². The molecule has 0 saturated carbocycles. The van der Waals surface area contributed by atoms with E-state index in [9.17, 15) is 10.0 Å². The minimum atomic E-state index is -1.42. The lowest BCUT2D eigenvalue weighted by molar-refractivity contribution is 0.426. The Labute approximate surface area is 154 Å². The summed E-state index contributed by atoms with van der Waals surface area (Å²) in [6.07, 6.45) is 0. The highest BCUT2D eigenvalue weighted by molar-refractivity contribution is 7.25. The zero-order chi connectivity index (χ0) is 17.2. The van der Waals surface area contributed by atoms with Gasteiger partial charge in [0.15, 0.2) is 0 Å². The van der Waals surface area contributed by atoms with Crippen LogP contribution >= 0.6 is 22.7 Å². The van der Waals surface area contributed by atoms with Crippen molar-refractivity contribution in [2.45, 2.75) is 0 Å². The first-order chi connectivity index (χ1) is 12.2. The van der Waals surface area contributed by atoms with E-state index in [0.717, 1.165) is 5.56 Å². The van der Waals surface area contributed by atoms with Crippen molar-refractivity contribution in [3.05, 3.63) is 78.9 Å². The van der Waals surface area contributed by atoms with Gasteiger partial charge < -0.3 is 10.0 Å². The van der Waals surface area contributed by atoms with Gasteiger partial charge >= 0.3 is 7.12 Å². The highest BCUT2D eigenvalue weighted by Crippen LogP contribution is 2.40. The molecule has 122 valence electrons. The van der Waals surface area contributed by atoms with E-state index >= 15 is 0 Å². The molecule has 0 saturated heterocycles. The standard InChI is InChI=1S/C20H15BO2S2/c22-21(23)16-8-6-15(7-9-16)18-11-13-20(25-18)19-12-10-17(24-19)14-4-2-1-3-5-14/h1-13,22-23H. The Kier molecular flexibility index (Phi) is 4.55. The molecule has 5 heteroatoms. The summed E-state index contributed by atoms with van der Waals surface area (Å²) in [7, 11) is -1.42. The monoisotopic (exact) mass is 362 g/mol. The van der Waals surface area contributed by atoms with Crippen molar-refractivity contribution in [1.82, 2.24) is 0 Å². The number of benzene rings is 2. The first-order valence-electron chi connectivity index (χ1n) is 7.92. The Morgan fingerprint density at radius 2 is 1.00 bits per heavy atom. The van der Waals surface area contributed by atoms with Crippen LogP contribution in [-0.4, -0.2) is 17.2 Å². The molecule has 2 aromatic heterocycles. The van der Waals surface area contributed by atoms with Gasteiger partial charge in [-0.3, -0.25) is 0 Å². The number of hydrogen-bond acceptors (Lipinski definition) is 4. The maximum atomic E-state index is 9.19. The quantitative estimate of drug-likeness (QED) is 0.525. The summed E-state index contributed by atoms with van der Waals surface area (Å²) in [4.78, 5) is 4.95. The lowest BCUT2D eigenvalue weighted by Gasteiger charge is -2.01. The molecule has 0 amide bonds. The van der Waals surface area contributed by atoms with Crippen LogP contribution in [-0.2, 0) is 0 Å². The second kappa shape index (κ2) is 6.98. The van der Waals surface area contributed by atoms with Gasteiger partial charge in [0.25, 0.3) is 0 Å². The Balaban J connectivity index is 1.60. The first kappa shape index (κ1) is 16.3. The molecule has 0 radical (unpaired) electrons. The van der Waals surface area contributed by atoms with E-state index in [1.807, 2.05) is 18.2 Å². The smallest absolute Gasteiger partial charge is 0.423 e. The van der Waals surface area contributed by atoms with Gasteiger partial charge in [0.05, 0.1) is 0 Å². The predicted molar refractivity (Wildman–Crippen MR) is 108 cm³/mol. The largest absolute Gasteiger partial charge is 0.488 e. The van der Waals surface area contributed by atoms with E-state index in [1.165, 1.54) is 25.1 Å². The zero-order valence-electron chi connectivity index (χ0n) is 13.3. The molecule has 4 rings (SSSR count). The van der Waals surface area contributed by atoms with E-state index in [0.29, 0.717) is 5.46 Å². The third-order valence-corrected chi connectivity index (χ3v) is 6.47. The van der Waals surface area contributed by atoms with Crippen molar-refractivity contribution in [2.24, 2.45) is 0 Å². The van der Waals surface area contributed by atoms with Crippen LogP contribution in [0.3, 0.4) is 0 Å². The summed E-state index contributed by atoms with van der Waals surface area (Å²) in [5, 5.41) is 18.4. The van der Waals surface area contributed by atoms with Crippen LogP contribution in [0.5, 0.6) is 0 Å². The molecule has 0 fully saturated rings. The molecule has 2 aromatic carbocycles. The highest BCUT2D eigenvalue weighted by Gasteiger charge is 2.12. The minimum absolute atomic E-state index is 0.506. The third-order valence-electron chi connectivity index (χ3n) is 4.01. The molecule has 0 aliphatic carbocycles. The molecule has 0 bridgehead atoms. The second-order valence-electron chi connectivity index (χ2n) is 5.69. The van der Waals surface area contributed by atoms with Gasteiger partial charge in [-0.1, -0.05) is 54.6 Å². The average Bonchev–Trinajstić information content (AvgIpc) is 3.32. The molecule has 2 nitrogen and oxygen atoms in total. The molecule has 0 spiro atoms. The Morgan fingerprint density at radius 1 is 0.520 bits per heavy atom. The summed E-state index contributed by atoms with van der Waals surface area (Å²) < 4.78 is 0. The van der Waals surface area contributed by atoms with Gasteiger partial charge in [0, 0.05) is 19.5 Å². The molecule has 2 heterocycles. The molecule has 0 unspecified atom stereocenters. The second-order valence-corrected chi connectivity index (χ2v) is 7.86. The zero-order valence-corrected chi connectivity index (χ0v) is 14.9. The lowest BCUT2D eigenvalue weighted by Crippen LogP contribution is -2.29. The summed E-state index contributed by atoms with van der Waals surface area (Å²) in [6, 6.07) is 26.4. The maximum absolute atomic E-state index is 9.19. The SMILES string of the molecule is OB(O)c1ccc(-c2ccc(-c3ccc(-c4ccccc4)s3)s2)cc1. The topological polar surface area (TPSA) is 40.5 Å². The molecule has 0 atom stereocenters. The summed E-state index contributed by atoms with van der Waals surface area (Å²) in [5.74, 6) is 0. The summed E-state index contributed by atoms with van der Waals surface area (Å²) >= 11 is 3.55. The van der Waals surface area contributed by atoms with Crippen LogP contribution in [0.25, 0.3) is 30.6 Å². The Bertz CT molecular complexity index is 972. The first-order valence-corrected chi connectivity index (χ1v) is 9.56. The molecular weight excluding hydrogens is 347 g/mol. The van der Waals surface area contributed by atoms with Gasteiger partial charge in [0.2, 0.25) is 0 Å². The minimum Gasteiger partial charge on any atom is -0.423 e. The van der Waals surface area contributed by atoms with E-state index in [4.69, 9.17) is 0 Å². The molecule has 4 aromatic rings. The molecule has 0 aliphatic rings. The number of hydrogen-bond donors (Lipinski definition) is 2. The van der Waals surface area contributed by atoms with Crippen molar-refractivity contribution in [3.63, 3.8) is 0 Å². The van der Waals surface area contributed by atoms with Crippen molar-refractivity contribution in [3.8, 4) is 30.6 Å². The number of thiophene rings is 2. The fraction of sp³-hybridized carbons (Fsp3) is 0. The summed E-state index contributed by atoms with van der Waals surface area (Å²) in [6.45, 7) is 0. The van der Waals surface area contributed by atoms with Gasteiger partial charge in [0.1, 0.15) is 0 Å². The van der Waals surface area contributed by atoms with E-state index in [2.05, 4.69) is 48.5 Å². The molecule has 25 heavy (non-hydrogen) atoms. The van der Waals surface area contributed by atoms with E-state index in [-0.39, 0.29) is 0 Å². The van der Waals surface area contributed by atoms with Crippen LogP contribution < -0.4 is 5.46 Å². The Morgan fingerprint density at radius 3 is 1.52 bits per heavy atom. The van der Waals surface area contributed by atoms with Gasteiger partial charge in [-0.25, -0.2) is 0 Å². The molecular formula is C20H15BO2S2. The average molecular weight is 362 g/mol. The molecule has 0 aliphatic heterocycles. The lowest BCUT2D eigenvalue weighted by atomic mass is 9.80. The van der Waals surface area contributed by atoms with Gasteiger partial charge in [-0.05, 0) is 40.9 Å². The summed E-state index contributed by atoms with van der Waals surface area (Å²) in [5.41, 5.74) is 2.83. The van der Waals surface area contributed by atoms with Crippen molar-refractivity contribution >= 4 is 35.3 Å². The van der Waals surface area contributed by atoms with Crippen molar-refractivity contribution in [1.29, 1.82) is 0 Å². The highest BCUT2D eigenvalue weighted by atomic mass is 32.1. The molecule has 2 N–H and O–H groups in total. The van der Waals surface area contributed by atoms with Crippen molar-refractivity contribution < 1.29 is 10.0 Å². The van der Waals surface area contributed by atoms with Crippen LogP contribution in [0.4, 0.5) is 0 Å². The normalized spacial score (nSPS) is 10.8. The van der Waals surface area contributed by atoms with Crippen LogP contribution in [0.1, 0.15) is 0 Å². The van der Waals surface area contributed by atoms with Crippen LogP contribution in [0.2, 0.25) is 0 Å². The van der Waals surface area contributed by atoms with E-state index < -0.39 is 7.12 Å². The predicted octanol–water partition coefficient (Wildman–Crippen LogP) is 4.49. The Hall–Kier alpha value is -2.18.